The lowest BCUT2D eigenvalue weighted by atomic mass is 10.2. The third-order valence-corrected chi connectivity index (χ3v) is 4.11. The van der Waals surface area contributed by atoms with Gasteiger partial charge in [0.05, 0.1) is 22.8 Å². The van der Waals surface area contributed by atoms with Gasteiger partial charge in [-0.15, -0.1) is 0 Å². The van der Waals surface area contributed by atoms with Crippen LogP contribution in [0.4, 0.5) is 5.69 Å². The molecule has 0 aliphatic heterocycles. The summed E-state index contributed by atoms with van der Waals surface area (Å²) in [5.41, 5.74) is 4.13. The Morgan fingerprint density at radius 2 is 1.78 bits per heavy atom. The summed E-state index contributed by atoms with van der Waals surface area (Å²) in [6.07, 6.45) is 0. The van der Waals surface area contributed by atoms with Gasteiger partial charge in [0.25, 0.3) is 5.91 Å². The maximum atomic E-state index is 12.2. The van der Waals surface area contributed by atoms with Gasteiger partial charge in [0, 0.05) is 0 Å². The third kappa shape index (κ3) is 4.08. The molecule has 0 unspecified atom stereocenters. The number of nitrogens with zero attached hydrogens (tertiary/aromatic N) is 2. The molecule has 0 spiro atoms. The highest BCUT2D eigenvalue weighted by Crippen LogP contribution is 2.23. The molecule has 1 amide bonds. The van der Waals surface area contributed by atoms with Crippen LogP contribution in [0.5, 0.6) is 0 Å². The van der Waals surface area contributed by atoms with Gasteiger partial charge in [-0.3, -0.25) is 4.79 Å². The number of furan rings is 1. The first-order chi connectivity index (χ1) is 12.8. The number of amides is 1. The lowest BCUT2D eigenvalue weighted by molar-refractivity contribution is -0.119. The molecule has 7 nitrogen and oxygen atoms in total. The Balaban J connectivity index is 1.67. The third-order valence-electron chi connectivity index (χ3n) is 4.11. The van der Waals surface area contributed by atoms with E-state index in [2.05, 4.69) is 10.4 Å². The number of benzene rings is 1. The summed E-state index contributed by atoms with van der Waals surface area (Å²) in [4.78, 5) is 24.0. The molecule has 2 aromatic heterocycles. The van der Waals surface area contributed by atoms with Crippen LogP contribution in [0.1, 0.15) is 33.3 Å². The molecule has 3 aromatic rings. The Kier molecular flexibility index (Phi) is 5.12. The largest absolute Gasteiger partial charge is 0.454 e. The van der Waals surface area contributed by atoms with Crippen LogP contribution in [0.2, 0.25) is 0 Å². The topological polar surface area (TPSA) is 86.4 Å². The van der Waals surface area contributed by atoms with Crippen molar-refractivity contribution in [1.82, 2.24) is 9.78 Å². The zero-order valence-corrected chi connectivity index (χ0v) is 15.7. The molecule has 0 atom stereocenters. The van der Waals surface area contributed by atoms with Crippen molar-refractivity contribution < 1.29 is 18.7 Å². The molecule has 2 heterocycles. The zero-order valence-electron chi connectivity index (χ0n) is 15.7. The fraction of sp³-hybridized carbons (Fsp3) is 0.250. The lowest BCUT2D eigenvalue weighted by Gasteiger charge is -2.08. The zero-order chi connectivity index (χ0) is 19.6. The molecular formula is C20H21N3O4. The molecule has 7 heteroatoms. The SMILES string of the molecule is Cc1ccc(-n2nc(C)c(NC(=O)COC(=O)c3ccc(C)o3)c2C)cc1. The molecular weight excluding hydrogens is 346 g/mol. The standard InChI is InChI=1S/C20H21N3O4/c1-12-5-8-16(9-6-12)23-15(4)19(14(3)22-23)21-18(24)11-26-20(25)17-10-7-13(2)27-17/h5-10H,11H2,1-4H3,(H,21,24). The number of nitrogens with one attached hydrogen (secondary N) is 1. The molecule has 0 fully saturated rings. The first-order valence-corrected chi connectivity index (χ1v) is 8.52. The summed E-state index contributed by atoms with van der Waals surface area (Å²) in [7, 11) is 0. The number of rotatable bonds is 5. The second-order valence-electron chi connectivity index (χ2n) is 6.33. The van der Waals surface area contributed by atoms with Crippen LogP contribution in [-0.2, 0) is 9.53 Å². The van der Waals surface area contributed by atoms with Gasteiger partial charge in [-0.2, -0.15) is 5.10 Å². The molecule has 0 aliphatic rings. The minimum Gasteiger partial charge on any atom is -0.454 e. The summed E-state index contributed by atoms with van der Waals surface area (Å²) in [5.74, 6) is -0.454. The van der Waals surface area contributed by atoms with E-state index in [4.69, 9.17) is 9.15 Å². The number of carbonyl (C=O) groups excluding carboxylic acids is 2. The van der Waals surface area contributed by atoms with Crippen LogP contribution in [0.25, 0.3) is 5.69 Å². The number of esters is 1. The number of aryl methyl sites for hydroxylation is 3. The number of aromatic nitrogens is 2. The highest BCUT2D eigenvalue weighted by atomic mass is 16.5. The smallest absolute Gasteiger partial charge is 0.374 e. The Morgan fingerprint density at radius 3 is 2.41 bits per heavy atom. The van der Waals surface area contributed by atoms with Crippen LogP contribution in [0, 0.1) is 27.7 Å². The predicted molar refractivity (Wildman–Crippen MR) is 100 cm³/mol. The van der Waals surface area contributed by atoms with Crippen molar-refractivity contribution in [3.8, 4) is 5.69 Å². The first kappa shape index (κ1) is 18.4. The highest BCUT2D eigenvalue weighted by Gasteiger charge is 2.17. The van der Waals surface area contributed by atoms with E-state index in [1.165, 1.54) is 6.07 Å². The summed E-state index contributed by atoms with van der Waals surface area (Å²) in [5, 5.41) is 7.25. The van der Waals surface area contributed by atoms with Gasteiger partial charge in [-0.05, 0) is 52.0 Å². The molecule has 0 bridgehead atoms. The van der Waals surface area contributed by atoms with E-state index < -0.39 is 18.5 Å². The summed E-state index contributed by atoms with van der Waals surface area (Å²) >= 11 is 0. The maximum absolute atomic E-state index is 12.2. The van der Waals surface area contributed by atoms with Crippen LogP contribution in [0.3, 0.4) is 0 Å². The van der Waals surface area contributed by atoms with Crippen molar-refractivity contribution >= 4 is 17.6 Å². The van der Waals surface area contributed by atoms with E-state index in [1.54, 1.807) is 17.7 Å². The van der Waals surface area contributed by atoms with E-state index in [0.717, 1.165) is 16.9 Å². The lowest BCUT2D eigenvalue weighted by Crippen LogP contribution is -2.21. The maximum Gasteiger partial charge on any atom is 0.374 e. The second-order valence-corrected chi connectivity index (χ2v) is 6.33. The number of ether oxygens (including phenoxy) is 1. The van der Waals surface area contributed by atoms with Gasteiger partial charge < -0.3 is 14.5 Å². The first-order valence-electron chi connectivity index (χ1n) is 8.52. The summed E-state index contributed by atoms with van der Waals surface area (Å²) < 4.78 is 11.9. The number of hydrogen-bond donors (Lipinski definition) is 1. The molecule has 3 rings (SSSR count). The van der Waals surface area contributed by atoms with Crippen LogP contribution >= 0.6 is 0 Å². The van der Waals surface area contributed by atoms with Crippen molar-refractivity contribution in [3.63, 3.8) is 0 Å². The Morgan fingerprint density at radius 1 is 1.07 bits per heavy atom. The fourth-order valence-corrected chi connectivity index (χ4v) is 2.68. The predicted octanol–water partition coefficient (Wildman–Crippen LogP) is 3.49. The Hall–Kier alpha value is -3.35. The second kappa shape index (κ2) is 7.49. The van der Waals surface area contributed by atoms with Crippen LogP contribution < -0.4 is 5.32 Å². The van der Waals surface area contributed by atoms with Crippen molar-refractivity contribution in [2.75, 3.05) is 11.9 Å². The average Bonchev–Trinajstić information content (AvgIpc) is 3.19. The monoisotopic (exact) mass is 367 g/mol. The van der Waals surface area contributed by atoms with Crippen molar-refractivity contribution in [3.05, 3.63) is 64.9 Å². The molecule has 1 N–H and O–H groups in total. The number of hydrogen-bond acceptors (Lipinski definition) is 5. The molecule has 140 valence electrons. The van der Waals surface area contributed by atoms with Gasteiger partial charge in [-0.1, -0.05) is 17.7 Å². The van der Waals surface area contributed by atoms with Crippen molar-refractivity contribution in [1.29, 1.82) is 0 Å². The van der Waals surface area contributed by atoms with Gasteiger partial charge in [0.2, 0.25) is 5.76 Å². The van der Waals surface area contributed by atoms with Crippen LogP contribution in [-0.4, -0.2) is 28.3 Å². The van der Waals surface area contributed by atoms with Gasteiger partial charge in [0.15, 0.2) is 6.61 Å². The van der Waals surface area contributed by atoms with E-state index in [1.807, 2.05) is 45.0 Å². The number of carbonyl (C=O) groups is 2. The summed E-state index contributed by atoms with van der Waals surface area (Å²) in [6.45, 7) is 7.01. The van der Waals surface area contributed by atoms with Gasteiger partial charge >= 0.3 is 5.97 Å². The molecule has 0 radical (unpaired) electrons. The molecule has 0 aliphatic carbocycles. The molecule has 0 saturated heterocycles. The van der Waals surface area contributed by atoms with E-state index in [0.29, 0.717) is 17.1 Å². The Labute approximate surface area is 156 Å². The highest BCUT2D eigenvalue weighted by molar-refractivity contribution is 5.95. The van der Waals surface area contributed by atoms with E-state index in [-0.39, 0.29) is 5.76 Å². The summed E-state index contributed by atoms with van der Waals surface area (Å²) in [6, 6.07) is 11.1. The van der Waals surface area contributed by atoms with E-state index in [9.17, 15) is 9.59 Å². The number of anilines is 1. The normalized spacial score (nSPS) is 10.7. The quantitative estimate of drug-likeness (QED) is 0.698. The Bertz CT molecular complexity index is 983. The van der Waals surface area contributed by atoms with Crippen molar-refractivity contribution in [2.45, 2.75) is 27.7 Å². The minimum atomic E-state index is -0.679. The molecule has 1 aromatic carbocycles. The molecule has 0 saturated carbocycles. The van der Waals surface area contributed by atoms with Gasteiger partial charge in [0.1, 0.15) is 5.76 Å². The molecule has 27 heavy (non-hydrogen) atoms. The average molecular weight is 367 g/mol. The van der Waals surface area contributed by atoms with Crippen molar-refractivity contribution in [2.24, 2.45) is 0 Å². The fourth-order valence-electron chi connectivity index (χ4n) is 2.68. The van der Waals surface area contributed by atoms with E-state index >= 15 is 0 Å². The van der Waals surface area contributed by atoms with Gasteiger partial charge in [-0.25, -0.2) is 9.48 Å². The minimum absolute atomic E-state index is 0.0693. The van der Waals surface area contributed by atoms with Crippen LogP contribution in [0.15, 0.2) is 40.8 Å².